The topological polar surface area (TPSA) is 40.5 Å². The zero-order valence-electron chi connectivity index (χ0n) is 11.6. The Kier molecular flexibility index (Phi) is 4.85. The van der Waals surface area contributed by atoms with Crippen molar-refractivity contribution >= 4 is 15.9 Å². The smallest absolute Gasteiger partial charge is 0.0797 e. The maximum atomic E-state index is 10.0. The molecule has 18 heavy (non-hydrogen) atoms. The minimum absolute atomic E-state index is 0.0353. The van der Waals surface area contributed by atoms with Gasteiger partial charge in [0.2, 0.25) is 0 Å². The second-order valence-corrected chi connectivity index (χ2v) is 7.37. The molecule has 0 unspecified atom stereocenters. The van der Waals surface area contributed by atoms with E-state index < -0.39 is 11.7 Å². The zero-order chi connectivity index (χ0) is 14.1. The monoisotopic (exact) mass is 316 g/mol. The number of aliphatic hydroxyl groups is 2. The predicted molar refractivity (Wildman–Crippen MR) is 79.8 cm³/mol. The van der Waals surface area contributed by atoms with Gasteiger partial charge in [-0.3, -0.25) is 0 Å². The summed E-state index contributed by atoms with van der Waals surface area (Å²) < 4.78 is 0. The van der Waals surface area contributed by atoms with Crippen LogP contribution in [0.25, 0.3) is 0 Å². The van der Waals surface area contributed by atoms with Crippen molar-refractivity contribution in [3.63, 3.8) is 0 Å². The van der Waals surface area contributed by atoms with Crippen molar-refractivity contribution in [3.8, 4) is 0 Å². The summed E-state index contributed by atoms with van der Waals surface area (Å²) in [6, 6.07) is 0. The van der Waals surface area contributed by atoms with E-state index in [4.69, 9.17) is 0 Å². The average Bonchev–Trinajstić information content (AvgIpc) is 2.26. The number of aliphatic hydroxyl groups excluding tert-OH is 1. The summed E-state index contributed by atoms with van der Waals surface area (Å²) >= 11 is 3.67. The van der Waals surface area contributed by atoms with Crippen LogP contribution in [0.3, 0.4) is 0 Å². The Morgan fingerprint density at radius 2 is 2.11 bits per heavy atom. The van der Waals surface area contributed by atoms with Gasteiger partial charge in [-0.1, -0.05) is 42.4 Å². The molecule has 4 atom stereocenters. The largest absolute Gasteiger partial charge is 0.389 e. The first-order valence-corrected chi connectivity index (χ1v) is 7.40. The SMILES string of the molecule is C=C[C@@](C)(O)CC[C@H]1C(=C)[C@H](O)C[C@@H](Br)C1(C)C. The van der Waals surface area contributed by atoms with Crippen LogP contribution in [0.5, 0.6) is 0 Å². The number of hydrogen-bond donors (Lipinski definition) is 2. The van der Waals surface area contributed by atoms with Crippen molar-refractivity contribution in [1.29, 1.82) is 0 Å². The highest BCUT2D eigenvalue weighted by Crippen LogP contribution is 2.49. The Morgan fingerprint density at radius 3 is 2.61 bits per heavy atom. The molecule has 0 aromatic rings. The molecule has 0 aromatic heterocycles. The first kappa shape index (κ1) is 15.9. The van der Waals surface area contributed by atoms with Gasteiger partial charge >= 0.3 is 0 Å². The second kappa shape index (κ2) is 5.48. The number of hydrogen-bond acceptors (Lipinski definition) is 2. The van der Waals surface area contributed by atoms with E-state index in [1.165, 1.54) is 0 Å². The van der Waals surface area contributed by atoms with Gasteiger partial charge in [-0.2, -0.15) is 0 Å². The first-order chi connectivity index (χ1) is 8.12. The fourth-order valence-corrected chi connectivity index (χ4v) is 3.35. The highest BCUT2D eigenvalue weighted by atomic mass is 79.9. The molecular formula is C15H25BrO2. The van der Waals surface area contributed by atoms with E-state index >= 15 is 0 Å². The van der Waals surface area contributed by atoms with Gasteiger partial charge in [0.15, 0.2) is 0 Å². The van der Waals surface area contributed by atoms with Gasteiger partial charge in [-0.05, 0) is 43.1 Å². The summed E-state index contributed by atoms with van der Waals surface area (Å²) in [5.41, 5.74) is 0.0873. The highest BCUT2D eigenvalue weighted by Gasteiger charge is 2.44. The van der Waals surface area contributed by atoms with Crippen molar-refractivity contribution in [3.05, 3.63) is 24.8 Å². The zero-order valence-corrected chi connectivity index (χ0v) is 13.2. The van der Waals surface area contributed by atoms with E-state index in [0.29, 0.717) is 12.8 Å². The average molecular weight is 317 g/mol. The van der Waals surface area contributed by atoms with Crippen molar-refractivity contribution in [2.75, 3.05) is 0 Å². The summed E-state index contributed by atoms with van der Waals surface area (Å²) in [5.74, 6) is 0.206. The van der Waals surface area contributed by atoms with Crippen LogP contribution >= 0.6 is 15.9 Å². The second-order valence-electron chi connectivity index (χ2n) is 6.27. The Bertz CT molecular complexity index is 333. The standard InChI is InChI=1S/C15H25BrO2/c1-6-15(5,18)8-7-11-10(2)12(17)9-13(16)14(11,3)4/h6,11-13,17-18H,1-2,7-9H2,3-5H3/t11-,12+,13+,15+/m0/s1. The van der Waals surface area contributed by atoms with Gasteiger partial charge in [-0.25, -0.2) is 0 Å². The third kappa shape index (κ3) is 3.25. The quantitative estimate of drug-likeness (QED) is 0.616. The fraction of sp³-hybridized carbons (Fsp3) is 0.733. The van der Waals surface area contributed by atoms with Crippen molar-refractivity contribution < 1.29 is 10.2 Å². The summed E-state index contributed by atoms with van der Waals surface area (Å²) in [6.45, 7) is 13.9. The van der Waals surface area contributed by atoms with Crippen LogP contribution < -0.4 is 0 Å². The van der Waals surface area contributed by atoms with Crippen molar-refractivity contribution in [1.82, 2.24) is 0 Å². The molecule has 0 spiro atoms. The number of alkyl halides is 1. The Morgan fingerprint density at radius 1 is 1.56 bits per heavy atom. The molecule has 0 radical (unpaired) electrons. The minimum atomic E-state index is -0.847. The summed E-state index contributed by atoms with van der Waals surface area (Å²) in [6.07, 6.45) is 3.29. The molecule has 2 nitrogen and oxygen atoms in total. The maximum absolute atomic E-state index is 10.0. The van der Waals surface area contributed by atoms with Crippen LogP contribution in [0.4, 0.5) is 0 Å². The molecule has 2 N–H and O–H groups in total. The summed E-state index contributed by atoms with van der Waals surface area (Å²) in [5, 5.41) is 20.0. The fourth-order valence-electron chi connectivity index (χ4n) is 2.68. The summed E-state index contributed by atoms with van der Waals surface area (Å²) in [7, 11) is 0. The van der Waals surface area contributed by atoms with E-state index in [-0.39, 0.29) is 16.2 Å². The highest BCUT2D eigenvalue weighted by molar-refractivity contribution is 9.09. The number of halogens is 1. The molecule has 1 rings (SSSR count). The molecule has 0 bridgehead atoms. The van der Waals surface area contributed by atoms with Gasteiger partial charge in [0.25, 0.3) is 0 Å². The predicted octanol–water partition coefficient (Wildman–Crippen LogP) is 3.43. The molecule has 0 aromatic carbocycles. The third-order valence-electron chi connectivity index (χ3n) is 4.39. The maximum Gasteiger partial charge on any atom is 0.0797 e. The Labute approximate surface area is 119 Å². The lowest BCUT2D eigenvalue weighted by molar-refractivity contribution is 0.0596. The van der Waals surface area contributed by atoms with E-state index in [0.717, 1.165) is 12.0 Å². The summed E-state index contributed by atoms with van der Waals surface area (Å²) in [4.78, 5) is 0.268. The van der Waals surface area contributed by atoms with Crippen molar-refractivity contribution in [2.45, 2.75) is 56.6 Å². The van der Waals surface area contributed by atoms with E-state index in [1.807, 2.05) is 0 Å². The minimum Gasteiger partial charge on any atom is -0.389 e. The van der Waals surface area contributed by atoms with Gasteiger partial charge < -0.3 is 10.2 Å². The number of rotatable bonds is 4. The van der Waals surface area contributed by atoms with Crippen LogP contribution in [0.2, 0.25) is 0 Å². The molecule has 1 fully saturated rings. The molecule has 1 aliphatic carbocycles. The molecule has 0 amide bonds. The van der Waals surface area contributed by atoms with E-state index in [9.17, 15) is 10.2 Å². The van der Waals surface area contributed by atoms with Crippen LogP contribution in [0.1, 0.15) is 40.0 Å². The molecule has 0 aliphatic heterocycles. The molecule has 0 saturated heterocycles. The Hall–Kier alpha value is -0.120. The normalized spacial score (nSPS) is 35.0. The Balaban J connectivity index is 2.82. The van der Waals surface area contributed by atoms with Crippen LogP contribution in [-0.2, 0) is 0 Å². The van der Waals surface area contributed by atoms with Crippen LogP contribution in [0, 0.1) is 11.3 Å². The van der Waals surface area contributed by atoms with Gasteiger partial charge in [0.05, 0.1) is 11.7 Å². The van der Waals surface area contributed by atoms with Crippen LogP contribution in [-0.4, -0.2) is 26.7 Å². The van der Waals surface area contributed by atoms with E-state index in [2.05, 4.69) is 42.9 Å². The van der Waals surface area contributed by atoms with Crippen LogP contribution in [0.15, 0.2) is 24.8 Å². The van der Waals surface area contributed by atoms with Crippen molar-refractivity contribution in [2.24, 2.45) is 11.3 Å². The van der Waals surface area contributed by atoms with Gasteiger partial charge in [0, 0.05) is 4.83 Å². The molecular weight excluding hydrogens is 292 g/mol. The molecule has 104 valence electrons. The lowest BCUT2D eigenvalue weighted by Gasteiger charge is -2.46. The van der Waals surface area contributed by atoms with Gasteiger partial charge in [-0.15, -0.1) is 6.58 Å². The molecule has 3 heteroatoms. The van der Waals surface area contributed by atoms with Gasteiger partial charge in [0.1, 0.15) is 0 Å². The third-order valence-corrected chi connectivity index (χ3v) is 5.94. The van der Waals surface area contributed by atoms with E-state index in [1.54, 1.807) is 13.0 Å². The lowest BCUT2D eigenvalue weighted by Crippen LogP contribution is -2.44. The lowest BCUT2D eigenvalue weighted by atomic mass is 9.63. The molecule has 0 heterocycles. The molecule has 1 saturated carbocycles. The molecule has 1 aliphatic rings. The first-order valence-electron chi connectivity index (χ1n) is 6.48.